The number of ketones is 1. The van der Waals surface area contributed by atoms with E-state index in [9.17, 15) is 9.59 Å². The number of thiazole rings is 1. The van der Waals surface area contributed by atoms with Crippen molar-refractivity contribution in [3.05, 3.63) is 16.6 Å². The second-order valence-electron chi connectivity index (χ2n) is 4.71. The van der Waals surface area contributed by atoms with E-state index in [0.29, 0.717) is 24.4 Å². The fraction of sp³-hybridized carbons (Fsp3) is 0.583. The van der Waals surface area contributed by atoms with E-state index in [0.717, 1.165) is 12.8 Å². The molecule has 6 heteroatoms. The van der Waals surface area contributed by atoms with Crippen LogP contribution < -0.4 is 0 Å². The standard InChI is InChI=1S/C12H14N2O3S/c15-10-7-14(11(16)9-6-13-8-18-9)4-3-12(10)2-1-5-17-12/h6,8H,1-5,7H2/t12-/m0/s1. The zero-order valence-electron chi connectivity index (χ0n) is 9.92. The smallest absolute Gasteiger partial charge is 0.265 e. The second kappa shape index (κ2) is 4.44. The largest absolute Gasteiger partial charge is 0.367 e. The number of hydrogen-bond donors (Lipinski definition) is 0. The molecule has 1 atom stereocenters. The molecule has 3 heterocycles. The monoisotopic (exact) mass is 266 g/mol. The van der Waals surface area contributed by atoms with Gasteiger partial charge in [0.15, 0.2) is 5.78 Å². The number of carbonyl (C=O) groups excluding carboxylic acids is 2. The van der Waals surface area contributed by atoms with E-state index < -0.39 is 5.60 Å². The summed E-state index contributed by atoms with van der Waals surface area (Å²) in [6.07, 6.45) is 3.91. The van der Waals surface area contributed by atoms with Gasteiger partial charge in [0.2, 0.25) is 0 Å². The van der Waals surface area contributed by atoms with Crippen LogP contribution in [0.5, 0.6) is 0 Å². The Labute approximate surface area is 109 Å². The van der Waals surface area contributed by atoms with Crippen molar-refractivity contribution < 1.29 is 14.3 Å². The summed E-state index contributed by atoms with van der Waals surface area (Å²) < 4.78 is 5.62. The zero-order valence-corrected chi connectivity index (χ0v) is 10.7. The van der Waals surface area contributed by atoms with Gasteiger partial charge in [0, 0.05) is 19.6 Å². The molecular formula is C12H14N2O3S. The van der Waals surface area contributed by atoms with Crippen LogP contribution in [0.2, 0.25) is 0 Å². The molecule has 1 amide bonds. The van der Waals surface area contributed by atoms with Crippen LogP contribution in [-0.2, 0) is 9.53 Å². The van der Waals surface area contributed by atoms with Crippen LogP contribution in [0.4, 0.5) is 0 Å². The molecule has 2 saturated heterocycles. The summed E-state index contributed by atoms with van der Waals surface area (Å²) in [7, 11) is 0. The minimum absolute atomic E-state index is 0.0455. The number of Topliss-reactive ketones (excluding diaryl/α,β-unsaturated/α-hetero) is 1. The van der Waals surface area contributed by atoms with Gasteiger partial charge in [-0.05, 0) is 12.8 Å². The van der Waals surface area contributed by atoms with Gasteiger partial charge in [0.05, 0.1) is 18.3 Å². The number of piperidine rings is 1. The molecule has 2 fully saturated rings. The molecule has 1 spiro atoms. The first-order chi connectivity index (χ1) is 8.71. The van der Waals surface area contributed by atoms with E-state index >= 15 is 0 Å². The van der Waals surface area contributed by atoms with Crippen LogP contribution in [0.25, 0.3) is 0 Å². The van der Waals surface area contributed by atoms with Crippen LogP contribution in [0.3, 0.4) is 0 Å². The number of amides is 1. The van der Waals surface area contributed by atoms with E-state index in [4.69, 9.17) is 4.74 Å². The number of nitrogens with zero attached hydrogens (tertiary/aromatic N) is 2. The average Bonchev–Trinajstić information content (AvgIpc) is 3.04. The lowest BCUT2D eigenvalue weighted by Crippen LogP contribution is -2.53. The maximum Gasteiger partial charge on any atom is 0.265 e. The Morgan fingerprint density at radius 1 is 1.50 bits per heavy atom. The quantitative estimate of drug-likeness (QED) is 0.764. The second-order valence-corrected chi connectivity index (χ2v) is 5.60. The number of hydrogen-bond acceptors (Lipinski definition) is 5. The van der Waals surface area contributed by atoms with E-state index in [-0.39, 0.29) is 18.2 Å². The fourth-order valence-electron chi connectivity index (χ4n) is 2.62. The van der Waals surface area contributed by atoms with Gasteiger partial charge in [-0.2, -0.15) is 0 Å². The predicted molar refractivity (Wildman–Crippen MR) is 65.6 cm³/mol. The lowest BCUT2D eigenvalue weighted by molar-refractivity contribution is -0.144. The number of ether oxygens (including phenoxy) is 1. The number of carbonyl (C=O) groups is 2. The highest BCUT2D eigenvalue weighted by Gasteiger charge is 2.46. The molecule has 5 nitrogen and oxygen atoms in total. The first-order valence-electron chi connectivity index (χ1n) is 6.06. The summed E-state index contributed by atoms with van der Waals surface area (Å²) in [6.45, 7) is 1.41. The van der Waals surface area contributed by atoms with Crippen molar-refractivity contribution in [1.29, 1.82) is 0 Å². The lowest BCUT2D eigenvalue weighted by atomic mass is 9.87. The lowest BCUT2D eigenvalue weighted by Gasteiger charge is -2.36. The summed E-state index contributed by atoms with van der Waals surface area (Å²) in [5.41, 5.74) is 1.03. The SMILES string of the molecule is O=C(c1cncs1)N1CC[C@@]2(CCCO2)C(=O)C1. The zero-order chi connectivity index (χ0) is 12.6. The Hall–Kier alpha value is -1.27. The van der Waals surface area contributed by atoms with Gasteiger partial charge in [-0.25, -0.2) is 0 Å². The number of rotatable bonds is 1. The molecule has 0 aromatic carbocycles. The highest BCUT2D eigenvalue weighted by molar-refractivity contribution is 7.11. The molecule has 0 radical (unpaired) electrons. The molecule has 0 unspecified atom stereocenters. The van der Waals surface area contributed by atoms with Gasteiger partial charge in [0.1, 0.15) is 10.5 Å². The van der Waals surface area contributed by atoms with Crippen molar-refractivity contribution >= 4 is 23.0 Å². The molecule has 18 heavy (non-hydrogen) atoms. The first kappa shape index (κ1) is 11.8. The Morgan fingerprint density at radius 3 is 3.00 bits per heavy atom. The summed E-state index contributed by atoms with van der Waals surface area (Å²) >= 11 is 1.30. The van der Waals surface area contributed by atoms with Gasteiger partial charge >= 0.3 is 0 Å². The number of aromatic nitrogens is 1. The normalized spacial score (nSPS) is 28.0. The van der Waals surface area contributed by atoms with E-state index in [1.807, 2.05) is 0 Å². The minimum Gasteiger partial charge on any atom is -0.367 e. The predicted octanol–water partition coefficient (Wildman–Crippen LogP) is 1.11. The highest BCUT2D eigenvalue weighted by atomic mass is 32.1. The minimum atomic E-state index is -0.593. The topological polar surface area (TPSA) is 59.5 Å². The van der Waals surface area contributed by atoms with Crippen LogP contribution >= 0.6 is 11.3 Å². The summed E-state index contributed by atoms with van der Waals surface area (Å²) in [4.78, 5) is 30.4. The summed E-state index contributed by atoms with van der Waals surface area (Å²) in [5.74, 6) is -0.0530. The summed E-state index contributed by atoms with van der Waals surface area (Å²) in [6, 6.07) is 0. The molecular weight excluding hydrogens is 252 g/mol. The van der Waals surface area contributed by atoms with Crippen molar-refractivity contribution in [2.24, 2.45) is 0 Å². The Bertz CT molecular complexity index is 466. The number of likely N-dealkylation sites (tertiary alicyclic amines) is 1. The van der Waals surface area contributed by atoms with Crippen molar-refractivity contribution in [2.75, 3.05) is 19.7 Å². The molecule has 0 bridgehead atoms. The Kier molecular flexibility index (Phi) is 2.91. The first-order valence-corrected chi connectivity index (χ1v) is 6.94. The molecule has 3 rings (SSSR count). The van der Waals surface area contributed by atoms with Gasteiger partial charge in [-0.3, -0.25) is 14.6 Å². The maximum absolute atomic E-state index is 12.2. The third kappa shape index (κ3) is 1.85. The van der Waals surface area contributed by atoms with Crippen molar-refractivity contribution in [2.45, 2.75) is 24.9 Å². The van der Waals surface area contributed by atoms with Crippen LogP contribution in [0, 0.1) is 0 Å². The average molecular weight is 266 g/mol. The van der Waals surface area contributed by atoms with E-state index in [2.05, 4.69) is 4.98 Å². The van der Waals surface area contributed by atoms with E-state index in [1.165, 1.54) is 11.3 Å². The van der Waals surface area contributed by atoms with Gasteiger partial charge < -0.3 is 9.64 Å². The molecule has 0 N–H and O–H groups in total. The van der Waals surface area contributed by atoms with Gasteiger partial charge in [0.25, 0.3) is 5.91 Å². The van der Waals surface area contributed by atoms with Crippen molar-refractivity contribution in [1.82, 2.24) is 9.88 Å². The molecule has 1 aromatic heterocycles. The summed E-state index contributed by atoms with van der Waals surface area (Å²) in [5, 5.41) is 0. The molecule has 2 aliphatic heterocycles. The third-order valence-corrected chi connectivity index (χ3v) is 4.42. The van der Waals surface area contributed by atoms with Crippen molar-refractivity contribution in [3.8, 4) is 0 Å². The Morgan fingerprint density at radius 2 is 2.39 bits per heavy atom. The van der Waals surface area contributed by atoms with Gasteiger partial charge in [-0.1, -0.05) is 0 Å². The molecule has 0 aliphatic carbocycles. The molecule has 0 saturated carbocycles. The van der Waals surface area contributed by atoms with Crippen LogP contribution in [-0.4, -0.2) is 46.9 Å². The van der Waals surface area contributed by atoms with Crippen LogP contribution in [0.1, 0.15) is 28.9 Å². The van der Waals surface area contributed by atoms with E-state index in [1.54, 1.807) is 16.6 Å². The fourth-order valence-corrected chi connectivity index (χ4v) is 3.20. The van der Waals surface area contributed by atoms with Crippen LogP contribution in [0.15, 0.2) is 11.7 Å². The molecule has 96 valence electrons. The molecule has 1 aromatic rings. The third-order valence-electron chi connectivity index (χ3n) is 3.66. The molecule has 2 aliphatic rings. The van der Waals surface area contributed by atoms with Crippen molar-refractivity contribution in [3.63, 3.8) is 0 Å². The maximum atomic E-state index is 12.2. The Balaban J connectivity index is 1.72. The van der Waals surface area contributed by atoms with Gasteiger partial charge in [-0.15, -0.1) is 11.3 Å². The highest BCUT2D eigenvalue weighted by Crippen LogP contribution is 2.33.